The monoisotopic (exact) mass is 599 g/mol. The van der Waals surface area contributed by atoms with Crippen LogP contribution < -0.4 is 26.0 Å². The minimum absolute atomic E-state index is 0.0419. The lowest BCUT2D eigenvalue weighted by Crippen LogP contribution is -2.28. The number of hydrogen-bond donors (Lipinski definition) is 5. The fraction of sp³-hybridized carbons (Fsp3) is 0.500. The molecule has 14 heteroatoms. The first kappa shape index (κ1) is 31.5. The van der Waals surface area contributed by atoms with Gasteiger partial charge in [0.15, 0.2) is 26.8 Å². The van der Waals surface area contributed by atoms with E-state index in [1.807, 2.05) is 19.1 Å². The van der Waals surface area contributed by atoms with Gasteiger partial charge < -0.3 is 26.0 Å². The predicted molar refractivity (Wildman–Crippen MR) is 155 cm³/mol. The molecule has 0 bridgehead atoms. The van der Waals surface area contributed by atoms with Crippen LogP contribution in [-0.2, 0) is 9.84 Å². The van der Waals surface area contributed by atoms with Gasteiger partial charge in [-0.25, -0.2) is 22.2 Å². The van der Waals surface area contributed by atoms with Gasteiger partial charge in [0.05, 0.1) is 22.8 Å². The lowest BCUT2D eigenvalue weighted by Gasteiger charge is -2.26. The highest BCUT2D eigenvalue weighted by Crippen LogP contribution is 2.37. The Morgan fingerprint density at radius 3 is 2.55 bits per heavy atom. The molecule has 3 rings (SSSR count). The standard InChI is InChI=1S/C26H36ClF2N7O3S/c1-15(2)40(37,38)24(30)22(14-31-4)34-25-20(27)13-33-26(36-25)35-21-9-16(3)19(17-5-7-32-8-6-17)10-23(21)39-18(11-28)12-29/h9-10,13-15,17-18,30-32H,5-8,11-12H2,1-4H3,(H2,33,34,35,36)/b22-14+,30-24?. The molecule has 0 saturated carbocycles. The number of rotatable bonds is 12. The van der Waals surface area contributed by atoms with Gasteiger partial charge in [0.25, 0.3) is 0 Å². The van der Waals surface area contributed by atoms with Crippen molar-refractivity contribution in [1.82, 2.24) is 20.6 Å². The van der Waals surface area contributed by atoms with Crippen molar-refractivity contribution < 1.29 is 21.9 Å². The van der Waals surface area contributed by atoms with Gasteiger partial charge in [0.1, 0.15) is 24.1 Å². The normalized spacial score (nSPS) is 14.9. The van der Waals surface area contributed by atoms with Gasteiger partial charge in [0, 0.05) is 13.2 Å². The Bertz CT molecular complexity index is 1330. The summed E-state index contributed by atoms with van der Waals surface area (Å²) in [4.78, 5) is 8.56. The largest absolute Gasteiger partial charge is 0.483 e. The number of nitrogens with one attached hydrogen (secondary N) is 5. The topological polar surface area (TPSA) is 141 Å². The third-order valence-electron chi connectivity index (χ3n) is 6.47. The van der Waals surface area contributed by atoms with E-state index in [0.717, 1.165) is 37.1 Å². The maximum Gasteiger partial charge on any atom is 0.229 e. The molecule has 10 nitrogen and oxygen atoms in total. The van der Waals surface area contributed by atoms with Gasteiger partial charge in [-0.1, -0.05) is 11.6 Å². The molecule has 40 heavy (non-hydrogen) atoms. The molecular formula is C26H36ClF2N7O3S. The van der Waals surface area contributed by atoms with Crippen molar-refractivity contribution >= 4 is 43.9 Å². The highest BCUT2D eigenvalue weighted by molar-refractivity contribution is 8.07. The maximum atomic E-state index is 13.4. The van der Waals surface area contributed by atoms with Crippen LogP contribution in [0, 0.1) is 12.3 Å². The minimum atomic E-state index is -3.90. The summed E-state index contributed by atoms with van der Waals surface area (Å²) in [7, 11) is -2.34. The van der Waals surface area contributed by atoms with E-state index in [-0.39, 0.29) is 34.2 Å². The van der Waals surface area contributed by atoms with E-state index < -0.39 is 39.6 Å². The lowest BCUT2D eigenvalue weighted by molar-refractivity contribution is 0.134. The number of aromatic nitrogens is 2. The van der Waals surface area contributed by atoms with E-state index >= 15 is 0 Å². The molecule has 5 N–H and O–H groups in total. The van der Waals surface area contributed by atoms with Crippen molar-refractivity contribution in [3.63, 3.8) is 0 Å². The zero-order valence-electron chi connectivity index (χ0n) is 22.9. The highest BCUT2D eigenvalue weighted by Gasteiger charge is 2.27. The Morgan fingerprint density at radius 2 is 1.95 bits per heavy atom. The van der Waals surface area contributed by atoms with E-state index in [0.29, 0.717) is 5.69 Å². The third kappa shape index (κ3) is 7.58. The molecular weight excluding hydrogens is 564 g/mol. The van der Waals surface area contributed by atoms with Gasteiger partial charge >= 0.3 is 0 Å². The van der Waals surface area contributed by atoms with Crippen LogP contribution in [0.15, 0.2) is 30.2 Å². The highest BCUT2D eigenvalue weighted by atomic mass is 35.5. The summed E-state index contributed by atoms with van der Waals surface area (Å²) in [6, 6.07) is 3.63. The van der Waals surface area contributed by atoms with Crippen LogP contribution in [-0.4, -0.2) is 68.3 Å². The maximum absolute atomic E-state index is 13.4. The molecule has 0 atom stereocenters. The molecule has 1 aromatic carbocycles. The predicted octanol–water partition coefficient (Wildman–Crippen LogP) is 4.61. The molecule has 0 radical (unpaired) electrons. The molecule has 0 unspecified atom stereocenters. The molecule has 1 fully saturated rings. The molecule has 1 saturated heterocycles. The number of hydrogen-bond acceptors (Lipinski definition) is 10. The van der Waals surface area contributed by atoms with Gasteiger partial charge in [-0.05, 0) is 75.9 Å². The Morgan fingerprint density at radius 1 is 1.27 bits per heavy atom. The number of sulfone groups is 1. The first-order valence-corrected chi connectivity index (χ1v) is 14.8. The zero-order chi connectivity index (χ0) is 29.4. The summed E-state index contributed by atoms with van der Waals surface area (Å²) in [5.41, 5.74) is 2.35. The van der Waals surface area contributed by atoms with Crippen molar-refractivity contribution in [3.05, 3.63) is 46.4 Å². The molecule has 0 aliphatic carbocycles. The zero-order valence-corrected chi connectivity index (χ0v) is 24.5. The van der Waals surface area contributed by atoms with Crippen LogP contribution in [0.2, 0.25) is 5.02 Å². The van der Waals surface area contributed by atoms with E-state index in [2.05, 4.69) is 31.2 Å². The molecule has 0 amide bonds. The van der Waals surface area contributed by atoms with Gasteiger partial charge in [-0.2, -0.15) is 4.98 Å². The van der Waals surface area contributed by atoms with Crippen LogP contribution in [0.1, 0.15) is 43.7 Å². The molecule has 2 heterocycles. The number of alkyl halides is 2. The molecule has 1 aromatic heterocycles. The van der Waals surface area contributed by atoms with Crippen LogP contribution in [0.25, 0.3) is 0 Å². The van der Waals surface area contributed by atoms with Crippen molar-refractivity contribution in [1.29, 1.82) is 5.41 Å². The van der Waals surface area contributed by atoms with E-state index in [4.69, 9.17) is 21.7 Å². The second-order valence-corrected chi connectivity index (χ2v) is 12.5. The first-order chi connectivity index (χ1) is 19.0. The Kier molecular flexibility index (Phi) is 11.1. The van der Waals surface area contributed by atoms with E-state index in [9.17, 15) is 17.2 Å². The second kappa shape index (κ2) is 14.0. The van der Waals surface area contributed by atoms with Crippen LogP contribution >= 0.6 is 11.6 Å². The summed E-state index contributed by atoms with van der Waals surface area (Å²) in [6.07, 6.45) is 3.22. The number of nitrogens with zero attached hydrogens (tertiary/aromatic N) is 2. The van der Waals surface area contributed by atoms with E-state index in [1.165, 1.54) is 26.2 Å². The van der Waals surface area contributed by atoms with E-state index in [1.54, 1.807) is 7.05 Å². The van der Waals surface area contributed by atoms with Crippen LogP contribution in [0.5, 0.6) is 5.75 Å². The lowest BCUT2D eigenvalue weighted by atomic mass is 9.87. The molecule has 1 aliphatic rings. The molecule has 2 aromatic rings. The molecule has 1 aliphatic heterocycles. The van der Waals surface area contributed by atoms with Crippen LogP contribution in [0.3, 0.4) is 0 Å². The summed E-state index contributed by atoms with van der Waals surface area (Å²) in [5, 5.41) is 18.8. The van der Waals surface area contributed by atoms with Crippen molar-refractivity contribution in [2.24, 2.45) is 0 Å². The second-order valence-electron chi connectivity index (χ2n) is 9.69. The fourth-order valence-corrected chi connectivity index (χ4v) is 5.24. The number of benzene rings is 1. The smallest absolute Gasteiger partial charge is 0.229 e. The van der Waals surface area contributed by atoms with Gasteiger partial charge in [-0.15, -0.1) is 0 Å². The Balaban J connectivity index is 1.97. The van der Waals surface area contributed by atoms with Crippen molar-refractivity contribution in [3.8, 4) is 5.75 Å². The minimum Gasteiger partial charge on any atom is -0.483 e. The first-order valence-electron chi connectivity index (χ1n) is 12.9. The summed E-state index contributed by atoms with van der Waals surface area (Å²) >= 11 is 6.30. The molecule has 220 valence electrons. The Hall–Kier alpha value is -3.03. The quantitative estimate of drug-likeness (QED) is 0.175. The van der Waals surface area contributed by atoms with Crippen molar-refractivity contribution in [2.45, 2.75) is 50.9 Å². The summed E-state index contributed by atoms with van der Waals surface area (Å²) in [5.74, 6) is 0.641. The van der Waals surface area contributed by atoms with Crippen molar-refractivity contribution in [2.75, 3.05) is 44.1 Å². The number of anilines is 3. The Labute approximate surface area is 238 Å². The third-order valence-corrected chi connectivity index (χ3v) is 8.77. The summed E-state index contributed by atoms with van der Waals surface area (Å²) < 4.78 is 57.7. The summed E-state index contributed by atoms with van der Waals surface area (Å²) in [6.45, 7) is 4.69. The SMILES string of the molecule is CN/C=C(/Nc1nc(Nc2cc(C)c(C3CCNCC3)cc2OC(CF)CF)ncc1Cl)C(=N)S(=O)(=O)C(C)C. The number of aryl methyl sites for hydroxylation is 1. The molecule has 0 spiro atoms. The number of halogens is 3. The van der Waals surface area contributed by atoms with Crippen LogP contribution in [0.4, 0.5) is 26.2 Å². The average Bonchev–Trinajstić information content (AvgIpc) is 2.94. The number of piperidine rings is 1. The fourth-order valence-electron chi connectivity index (χ4n) is 4.21. The number of ether oxygens (including phenoxy) is 1. The van der Waals surface area contributed by atoms with Gasteiger partial charge in [-0.3, -0.25) is 5.41 Å². The average molecular weight is 600 g/mol. The van der Waals surface area contributed by atoms with Gasteiger partial charge in [0.2, 0.25) is 5.95 Å².